The van der Waals surface area contributed by atoms with E-state index in [0.29, 0.717) is 0 Å². The lowest BCUT2D eigenvalue weighted by Crippen LogP contribution is -1.68. The van der Waals surface area contributed by atoms with Crippen LogP contribution in [0.15, 0.2) is 36.5 Å². The van der Waals surface area contributed by atoms with Crippen LogP contribution in [0.2, 0.25) is 0 Å². The highest BCUT2D eigenvalue weighted by Gasteiger charge is 1.78. The fourth-order valence-electron chi connectivity index (χ4n) is 0.660. The van der Waals surface area contributed by atoms with Crippen molar-refractivity contribution >= 4 is 0 Å². The second kappa shape index (κ2) is 22.8. The van der Waals surface area contributed by atoms with Crippen LogP contribution < -0.4 is 0 Å². The third-order valence-corrected chi connectivity index (χ3v) is 1.25. The van der Waals surface area contributed by atoms with E-state index in [1.807, 2.05) is 33.8 Å². The number of hydrogen-bond donors (Lipinski definition) is 0. The molecule has 0 nitrogen and oxygen atoms in total. The average Bonchev–Trinajstić information content (AvgIpc) is 2.29. The Morgan fingerprint density at radius 3 is 2.00 bits per heavy atom. The summed E-state index contributed by atoms with van der Waals surface area (Å²) in [6, 6.07) is 0. The van der Waals surface area contributed by atoms with Crippen molar-refractivity contribution in [1.29, 1.82) is 0 Å². The minimum atomic E-state index is 1.17. The molecular weight excluding hydrogens is 168 g/mol. The van der Waals surface area contributed by atoms with Crippen LogP contribution in [0, 0.1) is 0 Å². The van der Waals surface area contributed by atoms with Gasteiger partial charge in [-0.15, -0.1) is 0 Å². The number of allylic oxidation sites excluding steroid dienone is 5. The molecule has 0 heteroatoms. The molecule has 0 saturated carbocycles. The van der Waals surface area contributed by atoms with Gasteiger partial charge in [0.05, 0.1) is 0 Å². The molecule has 0 spiro atoms. The Balaban J connectivity index is -0.000000266. The van der Waals surface area contributed by atoms with E-state index in [4.69, 9.17) is 0 Å². The molecule has 0 unspecified atom stereocenters. The first kappa shape index (κ1) is 18.9. The van der Waals surface area contributed by atoms with Gasteiger partial charge in [-0.05, 0) is 13.3 Å². The summed E-state index contributed by atoms with van der Waals surface area (Å²) in [6.07, 6.45) is 10.5. The van der Waals surface area contributed by atoms with Gasteiger partial charge in [-0.1, -0.05) is 77.5 Å². The normalized spacial score (nSPS) is 9.71. The van der Waals surface area contributed by atoms with E-state index in [0.717, 1.165) is 0 Å². The maximum absolute atomic E-state index is 3.60. The molecule has 0 N–H and O–H groups in total. The number of unbranched alkanes of at least 4 members (excludes halogenated alkanes) is 1. The summed E-state index contributed by atoms with van der Waals surface area (Å²) in [5, 5.41) is 0. The van der Waals surface area contributed by atoms with Crippen molar-refractivity contribution in [2.45, 2.75) is 54.4 Å². The van der Waals surface area contributed by atoms with E-state index in [2.05, 4.69) is 32.6 Å². The highest BCUT2D eigenvalue weighted by molar-refractivity contribution is 5.18. The average molecular weight is 196 g/mol. The first-order chi connectivity index (χ1) is 6.81. The molecule has 0 aromatic heterocycles. The summed E-state index contributed by atoms with van der Waals surface area (Å²) in [5.74, 6) is 0. The molecule has 84 valence electrons. The summed E-state index contributed by atoms with van der Waals surface area (Å²) < 4.78 is 0. The molecule has 0 aromatic carbocycles. The molecule has 0 aromatic rings. The van der Waals surface area contributed by atoms with Crippen LogP contribution in [-0.2, 0) is 0 Å². The first-order valence-corrected chi connectivity index (χ1v) is 5.77. The Bertz CT molecular complexity index is 138. The zero-order valence-corrected chi connectivity index (χ0v) is 10.9. The Hall–Kier alpha value is -0.780. The van der Waals surface area contributed by atoms with E-state index in [1.165, 1.54) is 18.4 Å². The lowest BCUT2D eigenvalue weighted by molar-refractivity contribution is 0.952. The SMILES string of the molecule is C=C/C=C\C(C)=C/CCC.CC.CC. The maximum atomic E-state index is 3.60. The molecule has 0 aliphatic carbocycles. The van der Waals surface area contributed by atoms with Crippen LogP contribution in [0.4, 0.5) is 0 Å². The Morgan fingerprint density at radius 2 is 1.64 bits per heavy atom. The third-order valence-electron chi connectivity index (χ3n) is 1.25. The molecule has 0 atom stereocenters. The number of rotatable bonds is 4. The fourth-order valence-corrected chi connectivity index (χ4v) is 0.660. The second-order valence-electron chi connectivity index (χ2n) is 2.33. The van der Waals surface area contributed by atoms with Crippen LogP contribution in [0.3, 0.4) is 0 Å². The lowest BCUT2D eigenvalue weighted by atomic mass is 10.2. The van der Waals surface area contributed by atoms with Crippen LogP contribution in [0.25, 0.3) is 0 Å². The number of hydrogen-bond acceptors (Lipinski definition) is 0. The van der Waals surface area contributed by atoms with Crippen molar-refractivity contribution in [2.24, 2.45) is 0 Å². The summed E-state index contributed by atoms with van der Waals surface area (Å²) >= 11 is 0. The van der Waals surface area contributed by atoms with Crippen LogP contribution in [-0.4, -0.2) is 0 Å². The summed E-state index contributed by atoms with van der Waals surface area (Å²) in [7, 11) is 0. The molecule has 0 radical (unpaired) electrons. The minimum Gasteiger partial charge on any atom is -0.0991 e. The van der Waals surface area contributed by atoms with Crippen molar-refractivity contribution in [3.63, 3.8) is 0 Å². The molecule has 0 fully saturated rings. The van der Waals surface area contributed by atoms with Gasteiger partial charge in [-0.2, -0.15) is 0 Å². The Kier molecular flexibility index (Phi) is 30.7. The Labute approximate surface area is 91.4 Å². The standard InChI is InChI=1S/C10H16.2C2H6/c1-4-6-8-10(3)9-7-5-2;2*1-2/h4,6,8-9H,1,5,7H2,2-3H3;2*1-2H3/b8-6-,10-9-;;. The van der Waals surface area contributed by atoms with Gasteiger partial charge in [0.1, 0.15) is 0 Å². The molecule has 0 heterocycles. The van der Waals surface area contributed by atoms with Crippen molar-refractivity contribution in [2.75, 3.05) is 0 Å². The molecule has 0 aliphatic rings. The molecular formula is C14H28. The van der Waals surface area contributed by atoms with Crippen LogP contribution >= 0.6 is 0 Å². The van der Waals surface area contributed by atoms with Gasteiger partial charge in [-0.25, -0.2) is 0 Å². The van der Waals surface area contributed by atoms with Crippen molar-refractivity contribution < 1.29 is 0 Å². The fraction of sp³-hybridized carbons (Fsp3) is 0.571. The molecule has 0 rings (SSSR count). The van der Waals surface area contributed by atoms with E-state index in [-0.39, 0.29) is 0 Å². The topological polar surface area (TPSA) is 0 Å². The first-order valence-electron chi connectivity index (χ1n) is 5.77. The largest absolute Gasteiger partial charge is 0.0991 e. The van der Waals surface area contributed by atoms with Gasteiger partial charge in [-0.3, -0.25) is 0 Å². The zero-order valence-electron chi connectivity index (χ0n) is 10.9. The van der Waals surface area contributed by atoms with Gasteiger partial charge in [0.15, 0.2) is 0 Å². The molecule has 0 bridgehead atoms. The van der Waals surface area contributed by atoms with Gasteiger partial charge < -0.3 is 0 Å². The molecule has 14 heavy (non-hydrogen) atoms. The smallest absolute Gasteiger partial charge is 0.0348 e. The summed E-state index contributed by atoms with van der Waals surface area (Å²) in [4.78, 5) is 0. The maximum Gasteiger partial charge on any atom is -0.0348 e. The van der Waals surface area contributed by atoms with Gasteiger partial charge in [0, 0.05) is 0 Å². The van der Waals surface area contributed by atoms with E-state index in [1.54, 1.807) is 6.08 Å². The van der Waals surface area contributed by atoms with Gasteiger partial charge >= 0.3 is 0 Å². The van der Waals surface area contributed by atoms with Crippen molar-refractivity contribution in [1.82, 2.24) is 0 Å². The highest BCUT2D eigenvalue weighted by atomic mass is 13.8. The van der Waals surface area contributed by atoms with Crippen LogP contribution in [0.5, 0.6) is 0 Å². The van der Waals surface area contributed by atoms with Gasteiger partial charge in [0.25, 0.3) is 0 Å². The molecule has 0 aliphatic heterocycles. The summed E-state index contributed by atoms with van der Waals surface area (Å²) in [5.41, 5.74) is 1.32. The van der Waals surface area contributed by atoms with E-state index in [9.17, 15) is 0 Å². The van der Waals surface area contributed by atoms with Crippen LogP contribution in [0.1, 0.15) is 54.4 Å². The highest BCUT2D eigenvalue weighted by Crippen LogP contribution is 1.99. The predicted octanol–water partition coefficient (Wildman–Crippen LogP) is 5.53. The minimum absolute atomic E-state index is 1.17. The van der Waals surface area contributed by atoms with Crippen molar-refractivity contribution in [3.8, 4) is 0 Å². The van der Waals surface area contributed by atoms with Gasteiger partial charge in [0.2, 0.25) is 0 Å². The van der Waals surface area contributed by atoms with E-state index >= 15 is 0 Å². The third kappa shape index (κ3) is 22.5. The lowest BCUT2D eigenvalue weighted by Gasteiger charge is -1.88. The van der Waals surface area contributed by atoms with E-state index < -0.39 is 0 Å². The Morgan fingerprint density at radius 1 is 1.14 bits per heavy atom. The quantitative estimate of drug-likeness (QED) is 0.519. The zero-order chi connectivity index (χ0) is 11.8. The molecule has 0 saturated heterocycles. The summed E-state index contributed by atoms with van der Waals surface area (Å²) in [6.45, 7) is 15.9. The van der Waals surface area contributed by atoms with Crippen molar-refractivity contribution in [3.05, 3.63) is 36.5 Å². The second-order valence-corrected chi connectivity index (χ2v) is 2.33. The molecule has 0 amide bonds. The predicted molar refractivity (Wildman–Crippen MR) is 70.7 cm³/mol. The monoisotopic (exact) mass is 196 g/mol.